The van der Waals surface area contributed by atoms with Gasteiger partial charge in [0, 0.05) is 23.9 Å². The van der Waals surface area contributed by atoms with Crippen LogP contribution >= 0.6 is 0 Å². The van der Waals surface area contributed by atoms with E-state index in [1.165, 1.54) is 25.0 Å². The third kappa shape index (κ3) is 5.06. The minimum absolute atomic E-state index is 0.127. The second kappa shape index (κ2) is 5.99. The molecule has 0 N–H and O–H groups in total. The third-order valence-corrected chi connectivity index (χ3v) is 2.81. The molecule has 0 amide bonds. The molecule has 0 bridgehead atoms. The maximum absolute atomic E-state index is 4.14. The van der Waals surface area contributed by atoms with E-state index in [1.54, 1.807) is 0 Å². The molecular weight excluding hydrogens is 182 g/mol. The fourth-order valence-electron chi connectivity index (χ4n) is 1.44. The highest BCUT2D eigenvalue weighted by atomic mass is 15.1. The molecule has 15 heavy (non-hydrogen) atoms. The quantitative estimate of drug-likeness (QED) is 0.579. The summed E-state index contributed by atoms with van der Waals surface area (Å²) in [6, 6.07) is 0. The smallest absolute Gasteiger partial charge is 0.0155 e. The lowest BCUT2D eigenvalue weighted by Gasteiger charge is -2.32. The van der Waals surface area contributed by atoms with Crippen LogP contribution in [0.5, 0.6) is 0 Å². The molecule has 0 aromatic rings. The average Bonchev–Trinajstić information content (AvgIpc) is 2.14. The summed E-state index contributed by atoms with van der Waals surface area (Å²) < 4.78 is 0. The summed E-state index contributed by atoms with van der Waals surface area (Å²) in [7, 11) is 2.07. The minimum atomic E-state index is 0.127. The lowest BCUT2D eigenvalue weighted by molar-refractivity contribution is 0.352. The van der Waals surface area contributed by atoms with Gasteiger partial charge in [-0.2, -0.15) is 0 Å². The molecule has 1 heteroatoms. The van der Waals surface area contributed by atoms with Gasteiger partial charge in [-0.15, -0.1) is 0 Å². The minimum Gasteiger partial charge on any atom is -0.352 e. The van der Waals surface area contributed by atoms with Crippen molar-refractivity contribution in [2.24, 2.45) is 5.41 Å². The molecule has 0 unspecified atom stereocenters. The van der Waals surface area contributed by atoms with Crippen LogP contribution in [0.4, 0.5) is 0 Å². The maximum atomic E-state index is 4.14. The Morgan fingerprint density at radius 3 is 2.07 bits per heavy atom. The van der Waals surface area contributed by atoms with Crippen LogP contribution in [0.15, 0.2) is 24.6 Å². The largest absolute Gasteiger partial charge is 0.352 e. The molecule has 0 spiro atoms. The summed E-state index contributed by atoms with van der Waals surface area (Å²) in [5, 5.41) is 0. The molecular formula is C14H27N. The Hall–Kier alpha value is -0.720. The van der Waals surface area contributed by atoms with Crippen LogP contribution in [0.1, 0.15) is 53.4 Å². The van der Waals surface area contributed by atoms with Crippen molar-refractivity contribution in [1.29, 1.82) is 0 Å². The van der Waals surface area contributed by atoms with Gasteiger partial charge in [-0.25, -0.2) is 0 Å². The fourth-order valence-corrected chi connectivity index (χ4v) is 1.44. The zero-order valence-corrected chi connectivity index (χ0v) is 11.2. The Bertz CT molecular complexity index is 220. The Labute approximate surface area is 95.9 Å². The molecule has 0 heterocycles. The van der Waals surface area contributed by atoms with Crippen molar-refractivity contribution in [3.63, 3.8) is 0 Å². The van der Waals surface area contributed by atoms with Crippen LogP contribution in [0.2, 0.25) is 0 Å². The van der Waals surface area contributed by atoms with Gasteiger partial charge in [0.25, 0.3) is 0 Å². The average molecular weight is 209 g/mol. The van der Waals surface area contributed by atoms with Gasteiger partial charge < -0.3 is 4.90 Å². The second-order valence-electron chi connectivity index (χ2n) is 5.28. The topological polar surface area (TPSA) is 3.24 Å². The summed E-state index contributed by atoms with van der Waals surface area (Å²) in [5.41, 5.74) is 2.45. The first-order valence-corrected chi connectivity index (χ1v) is 5.91. The van der Waals surface area contributed by atoms with Gasteiger partial charge in [0.05, 0.1) is 0 Å². The highest BCUT2D eigenvalue weighted by molar-refractivity contribution is 5.11. The van der Waals surface area contributed by atoms with Crippen LogP contribution in [0.3, 0.4) is 0 Å². The van der Waals surface area contributed by atoms with Gasteiger partial charge in [0.15, 0.2) is 0 Å². The molecule has 0 aromatic carbocycles. The SMILES string of the molecule is C=C(CCCCC)N(C)C(=C)C(C)(C)C. The number of hydrogen-bond donors (Lipinski definition) is 0. The Morgan fingerprint density at radius 1 is 1.13 bits per heavy atom. The molecule has 0 aliphatic heterocycles. The molecule has 1 nitrogen and oxygen atoms in total. The summed E-state index contributed by atoms with van der Waals surface area (Å²) in [4.78, 5) is 2.15. The zero-order chi connectivity index (χ0) is 12.1. The van der Waals surface area contributed by atoms with E-state index in [-0.39, 0.29) is 5.41 Å². The number of allylic oxidation sites excluding steroid dienone is 2. The standard InChI is InChI=1S/C14H27N/c1-8-9-10-11-12(2)15(7)13(3)14(4,5)6/h2-3,8-11H2,1,4-7H3. The van der Waals surface area contributed by atoms with Gasteiger partial charge in [-0.05, 0) is 12.8 Å². The molecule has 0 aliphatic carbocycles. The third-order valence-electron chi connectivity index (χ3n) is 2.81. The summed E-state index contributed by atoms with van der Waals surface area (Å²) in [5.74, 6) is 0. The predicted octanol–water partition coefficient (Wildman–Crippen LogP) is 4.57. The molecule has 88 valence electrons. The van der Waals surface area contributed by atoms with Crippen LogP contribution in [0.25, 0.3) is 0 Å². The van der Waals surface area contributed by atoms with E-state index >= 15 is 0 Å². The first kappa shape index (κ1) is 14.3. The summed E-state index contributed by atoms with van der Waals surface area (Å²) in [6.07, 6.45) is 4.86. The van der Waals surface area contributed by atoms with Crippen molar-refractivity contribution in [1.82, 2.24) is 4.90 Å². The zero-order valence-electron chi connectivity index (χ0n) is 11.2. The Kier molecular flexibility index (Phi) is 5.71. The number of rotatable bonds is 6. The van der Waals surface area contributed by atoms with Crippen molar-refractivity contribution < 1.29 is 0 Å². The maximum Gasteiger partial charge on any atom is 0.0155 e. The number of unbranched alkanes of at least 4 members (excludes halogenated alkanes) is 2. The van der Waals surface area contributed by atoms with Crippen LogP contribution < -0.4 is 0 Å². The van der Waals surface area contributed by atoms with Crippen molar-refractivity contribution in [3.05, 3.63) is 24.6 Å². The van der Waals surface area contributed by atoms with Crippen LogP contribution in [-0.2, 0) is 0 Å². The Balaban J connectivity index is 4.15. The highest BCUT2D eigenvalue weighted by Gasteiger charge is 2.19. The molecule has 0 fully saturated rings. The molecule has 0 saturated heterocycles. The molecule has 0 rings (SSSR count). The van der Waals surface area contributed by atoms with E-state index in [2.05, 4.69) is 52.8 Å². The number of nitrogens with zero attached hydrogens (tertiary/aromatic N) is 1. The van der Waals surface area contributed by atoms with E-state index in [0.717, 1.165) is 12.1 Å². The van der Waals surface area contributed by atoms with E-state index in [9.17, 15) is 0 Å². The van der Waals surface area contributed by atoms with Crippen LogP contribution in [-0.4, -0.2) is 11.9 Å². The van der Waals surface area contributed by atoms with Crippen molar-refractivity contribution >= 4 is 0 Å². The van der Waals surface area contributed by atoms with Gasteiger partial charge in [-0.1, -0.05) is 53.7 Å². The lowest BCUT2D eigenvalue weighted by Crippen LogP contribution is -2.25. The first-order valence-electron chi connectivity index (χ1n) is 5.91. The summed E-state index contributed by atoms with van der Waals surface area (Å²) in [6.45, 7) is 17.0. The lowest BCUT2D eigenvalue weighted by atomic mass is 9.91. The van der Waals surface area contributed by atoms with E-state index < -0.39 is 0 Å². The summed E-state index contributed by atoms with van der Waals surface area (Å²) >= 11 is 0. The van der Waals surface area contributed by atoms with Gasteiger partial charge in [-0.3, -0.25) is 0 Å². The number of hydrogen-bond acceptors (Lipinski definition) is 1. The van der Waals surface area contributed by atoms with E-state index in [0.29, 0.717) is 0 Å². The van der Waals surface area contributed by atoms with E-state index in [1.807, 2.05) is 0 Å². The van der Waals surface area contributed by atoms with E-state index in [4.69, 9.17) is 0 Å². The van der Waals surface area contributed by atoms with Crippen molar-refractivity contribution in [2.45, 2.75) is 53.4 Å². The molecule has 0 saturated carbocycles. The van der Waals surface area contributed by atoms with Crippen molar-refractivity contribution in [2.75, 3.05) is 7.05 Å². The molecule has 0 aliphatic rings. The Morgan fingerprint density at radius 2 is 1.67 bits per heavy atom. The monoisotopic (exact) mass is 209 g/mol. The highest BCUT2D eigenvalue weighted by Crippen LogP contribution is 2.28. The predicted molar refractivity (Wildman–Crippen MR) is 69.6 cm³/mol. The van der Waals surface area contributed by atoms with Gasteiger partial charge in [0.1, 0.15) is 0 Å². The second-order valence-corrected chi connectivity index (χ2v) is 5.28. The molecule has 0 aromatic heterocycles. The fraction of sp³-hybridized carbons (Fsp3) is 0.714. The normalized spacial score (nSPS) is 11.3. The molecule has 0 atom stereocenters. The van der Waals surface area contributed by atoms with Gasteiger partial charge >= 0.3 is 0 Å². The van der Waals surface area contributed by atoms with Crippen LogP contribution in [0, 0.1) is 5.41 Å². The molecule has 0 radical (unpaired) electrons. The van der Waals surface area contributed by atoms with Gasteiger partial charge in [0.2, 0.25) is 0 Å². The first-order chi connectivity index (χ1) is 6.80. The van der Waals surface area contributed by atoms with Crippen molar-refractivity contribution in [3.8, 4) is 0 Å².